The van der Waals surface area contributed by atoms with Crippen LogP contribution < -0.4 is 15.6 Å². The second kappa shape index (κ2) is 9.41. The minimum Gasteiger partial charge on any atom is -0.483 e. The van der Waals surface area contributed by atoms with Crippen LogP contribution in [0.5, 0.6) is 5.75 Å². The Morgan fingerprint density at radius 3 is 2.36 bits per heavy atom. The fourth-order valence-electron chi connectivity index (χ4n) is 3.23. The van der Waals surface area contributed by atoms with E-state index in [1.807, 2.05) is 12.1 Å². The Kier molecular flexibility index (Phi) is 7.46. The van der Waals surface area contributed by atoms with E-state index >= 15 is 0 Å². The monoisotopic (exact) mass is 454 g/mol. The average molecular weight is 455 g/mol. The van der Waals surface area contributed by atoms with E-state index < -0.39 is 29.6 Å². The summed E-state index contributed by atoms with van der Waals surface area (Å²) in [4.78, 5) is 35.5. The lowest BCUT2D eigenvalue weighted by molar-refractivity contribution is -0.149. The van der Waals surface area contributed by atoms with Gasteiger partial charge in [0.05, 0.1) is 16.3 Å². The maximum atomic E-state index is 12.2. The Morgan fingerprint density at radius 2 is 1.79 bits per heavy atom. The summed E-state index contributed by atoms with van der Waals surface area (Å²) < 4.78 is 6.24. The number of nitrogens with one attached hydrogen (secondary N) is 2. The molecule has 1 aliphatic carbocycles. The third-order valence-corrected chi connectivity index (χ3v) is 5.52. The van der Waals surface area contributed by atoms with Gasteiger partial charge in [-0.15, -0.1) is 0 Å². The van der Waals surface area contributed by atoms with Gasteiger partial charge in [-0.05, 0) is 51.9 Å². The molecule has 2 amide bonds. The van der Waals surface area contributed by atoms with Crippen LogP contribution >= 0.6 is 15.9 Å². The van der Waals surface area contributed by atoms with Gasteiger partial charge in [0.25, 0.3) is 5.91 Å². The number of hydrogen-bond donors (Lipinski definition) is 3. The molecule has 0 aliphatic heterocycles. The first-order valence-electron chi connectivity index (χ1n) is 9.34. The predicted octanol–water partition coefficient (Wildman–Crippen LogP) is 3.16. The third-order valence-electron chi connectivity index (χ3n) is 4.90. The highest BCUT2D eigenvalue weighted by molar-refractivity contribution is 9.10. The second-order valence-electron chi connectivity index (χ2n) is 8.06. The zero-order chi connectivity index (χ0) is 20.9. The van der Waals surface area contributed by atoms with Crippen LogP contribution in [0.2, 0.25) is 0 Å². The van der Waals surface area contributed by atoms with Crippen molar-refractivity contribution in [1.82, 2.24) is 10.9 Å². The van der Waals surface area contributed by atoms with Gasteiger partial charge in [-0.1, -0.05) is 39.7 Å². The van der Waals surface area contributed by atoms with Crippen molar-refractivity contribution in [3.63, 3.8) is 0 Å². The number of carbonyl (C=O) groups excluding carboxylic acids is 2. The van der Waals surface area contributed by atoms with Crippen molar-refractivity contribution in [2.45, 2.75) is 51.9 Å². The van der Waals surface area contributed by atoms with Crippen LogP contribution in [-0.4, -0.2) is 29.5 Å². The number of hydrazine groups is 1. The summed E-state index contributed by atoms with van der Waals surface area (Å²) in [5.41, 5.74) is 5.74. The molecule has 1 saturated carbocycles. The van der Waals surface area contributed by atoms with Gasteiger partial charge in [0, 0.05) is 0 Å². The molecule has 28 heavy (non-hydrogen) atoms. The number of carboxylic acids is 1. The van der Waals surface area contributed by atoms with Crippen molar-refractivity contribution in [2.75, 3.05) is 6.61 Å². The molecule has 2 rings (SSSR count). The highest BCUT2D eigenvalue weighted by Gasteiger charge is 2.35. The van der Waals surface area contributed by atoms with Gasteiger partial charge in [0.1, 0.15) is 5.75 Å². The molecule has 8 heteroatoms. The molecule has 0 heterocycles. The van der Waals surface area contributed by atoms with Crippen molar-refractivity contribution in [3.8, 4) is 5.75 Å². The predicted molar refractivity (Wildman–Crippen MR) is 108 cm³/mol. The number of hydrogen-bond acceptors (Lipinski definition) is 4. The summed E-state index contributed by atoms with van der Waals surface area (Å²) in [6.45, 7) is 6.03. The molecule has 0 aromatic heterocycles. The van der Waals surface area contributed by atoms with Crippen molar-refractivity contribution < 1.29 is 24.2 Å². The van der Waals surface area contributed by atoms with Crippen LogP contribution in [0.4, 0.5) is 0 Å². The Labute approximate surface area is 173 Å². The quantitative estimate of drug-likeness (QED) is 0.592. The van der Waals surface area contributed by atoms with Gasteiger partial charge >= 0.3 is 5.97 Å². The molecule has 1 aliphatic rings. The first kappa shape index (κ1) is 22.2. The molecule has 1 fully saturated rings. The summed E-state index contributed by atoms with van der Waals surface area (Å²) >= 11 is 3.44. The molecule has 7 nitrogen and oxygen atoms in total. The largest absolute Gasteiger partial charge is 0.483 e. The first-order chi connectivity index (χ1) is 13.1. The van der Waals surface area contributed by atoms with Gasteiger partial charge < -0.3 is 9.84 Å². The summed E-state index contributed by atoms with van der Waals surface area (Å²) in [6.07, 6.45) is 2.58. The molecular formula is C20H27BrN2O5. The molecule has 0 radical (unpaired) electrons. The SMILES string of the molecule is CC(C)(C)c1ccc(OCC(=O)NNC(=O)[C@@H]2CCCC[C@@H]2C(=O)O)c(Br)c1. The third kappa shape index (κ3) is 5.95. The van der Waals surface area contributed by atoms with Crippen LogP contribution in [0.15, 0.2) is 22.7 Å². The number of carbonyl (C=O) groups is 3. The van der Waals surface area contributed by atoms with E-state index in [0.29, 0.717) is 18.6 Å². The Bertz CT molecular complexity index is 745. The van der Waals surface area contributed by atoms with E-state index in [0.717, 1.165) is 22.9 Å². The van der Waals surface area contributed by atoms with Crippen molar-refractivity contribution >= 4 is 33.7 Å². The first-order valence-corrected chi connectivity index (χ1v) is 10.1. The second-order valence-corrected chi connectivity index (χ2v) is 8.91. The standard InChI is InChI=1S/C20H27BrN2O5/c1-20(2,3)12-8-9-16(15(21)10-12)28-11-17(24)22-23-18(25)13-6-4-5-7-14(13)19(26)27/h8-10,13-14H,4-7,11H2,1-3H3,(H,22,24)(H,23,25)(H,26,27)/t13-,14+/m1/s1. The molecule has 0 unspecified atom stereocenters. The van der Waals surface area contributed by atoms with Crippen molar-refractivity contribution in [2.24, 2.45) is 11.8 Å². The molecule has 1 aromatic carbocycles. The Balaban J connectivity index is 1.84. The molecule has 3 N–H and O–H groups in total. The van der Waals surface area contributed by atoms with Crippen LogP contribution in [0.1, 0.15) is 52.0 Å². The molecule has 2 atom stereocenters. The lowest BCUT2D eigenvalue weighted by Crippen LogP contribution is -2.49. The van der Waals surface area contributed by atoms with Crippen LogP contribution in [0, 0.1) is 11.8 Å². The summed E-state index contributed by atoms with van der Waals surface area (Å²) in [7, 11) is 0. The van der Waals surface area contributed by atoms with Gasteiger partial charge in [-0.25, -0.2) is 0 Å². The van der Waals surface area contributed by atoms with E-state index in [4.69, 9.17) is 4.74 Å². The Morgan fingerprint density at radius 1 is 1.14 bits per heavy atom. The van der Waals surface area contributed by atoms with Crippen LogP contribution in [0.25, 0.3) is 0 Å². The van der Waals surface area contributed by atoms with Gasteiger partial charge in [0.2, 0.25) is 5.91 Å². The van der Waals surface area contributed by atoms with Crippen molar-refractivity contribution in [3.05, 3.63) is 28.2 Å². The maximum absolute atomic E-state index is 12.2. The van der Waals surface area contributed by atoms with Crippen LogP contribution in [0.3, 0.4) is 0 Å². The lowest BCUT2D eigenvalue weighted by Gasteiger charge is -2.27. The molecule has 0 spiro atoms. The van der Waals surface area contributed by atoms with Gasteiger partial charge in [-0.3, -0.25) is 25.2 Å². The smallest absolute Gasteiger partial charge is 0.307 e. The van der Waals surface area contributed by atoms with Gasteiger partial charge in [0.15, 0.2) is 6.61 Å². The topological polar surface area (TPSA) is 105 Å². The highest BCUT2D eigenvalue weighted by Crippen LogP contribution is 2.32. The van der Waals surface area contributed by atoms with E-state index in [2.05, 4.69) is 47.6 Å². The lowest BCUT2D eigenvalue weighted by atomic mass is 9.79. The average Bonchev–Trinajstić information content (AvgIpc) is 2.64. The zero-order valence-corrected chi connectivity index (χ0v) is 18.0. The molecular weight excluding hydrogens is 428 g/mol. The normalized spacial score (nSPS) is 19.6. The number of ether oxygens (including phenoxy) is 1. The molecule has 0 saturated heterocycles. The minimum atomic E-state index is -0.974. The zero-order valence-electron chi connectivity index (χ0n) is 16.4. The van der Waals surface area contributed by atoms with E-state index in [-0.39, 0.29) is 12.0 Å². The fraction of sp³-hybridized carbons (Fsp3) is 0.550. The van der Waals surface area contributed by atoms with E-state index in [9.17, 15) is 19.5 Å². The van der Waals surface area contributed by atoms with Crippen LogP contribution in [-0.2, 0) is 19.8 Å². The highest BCUT2D eigenvalue weighted by atomic mass is 79.9. The number of benzene rings is 1. The van der Waals surface area contributed by atoms with E-state index in [1.54, 1.807) is 6.07 Å². The Hall–Kier alpha value is -2.09. The van der Waals surface area contributed by atoms with E-state index in [1.165, 1.54) is 0 Å². The number of halogens is 1. The summed E-state index contributed by atoms with van der Waals surface area (Å²) in [6, 6.07) is 5.68. The minimum absolute atomic E-state index is 0.00433. The number of carboxylic acid groups (broad SMARTS) is 1. The number of aliphatic carboxylic acids is 1. The summed E-state index contributed by atoms with van der Waals surface area (Å²) in [5, 5.41) is 9.25. The number of rotatable bonds is 5. The van der Waals surface area contributed by atoms with Gasteiger partial charge in [-0.2, -0.15) is 0 Å². The molecule has 1 aromatic rings. The number of amides is 2. The molecule has 0 bridgehead atoms. The fourth-order valence-corrected chi connectivity index (χ4v) is 3.72. The molecule has 154 valence electrons. The summed E-state index contributed by atoms with van der Waals surface area (Å²) in [5.74, 6) is -2.80. The maximum Gasteiger partial charge on any atom is 0.307 e. The van der Waals surface area contributed by atoms with Crippen molar-refractivity contribution in [1.29, 1.82) is 0 Å².